The Bertz CT molecular complexity index is 1040. The lowest BCUT2D eigenvalue weighted by molar-refractivity contribution is -0.127. The van der Waals surface area contributed by atoms with Gasteiger partial charge in [-0.05, 0) is 49.6 Å². The van der Waals surface area contributed by atoms with Crippen LogP contribution in [0.15, 0.2) is 57.7 Å². The van der Waals surface area contributed by atoms with E-state index >= 15 is 0 Å². The number of carbonyl (C=O) groups excluding carboxylic acids is 1. The molecule has 0 unspecified atom stereocenters. The van der Waals surface area contributed by atoms with E-state index in [9.17, 15) is 14.7 Å². The molecule has 0 fully saturated rings. The highest BCUT2D eigenvalue weighted by molar-refractivity contribution is 5.88. The zero-order chi connectivity index (χ0) is 20.3. The summed E-state index contributed by atoms with van der Waals surface area (Å²) in [6, 6.07) is 14.1. The highest BCUT2D eigenvalue weighted by Gasteiger charge is 2.19. The first-order valence-electron chi connectivity index (χ1n) is 9.07. The molecule has 0 aliphatic carbocycles. The number of ether oxygens (including phenoxy) is 1. The van der Waals surface area contributed by atoms with Gasteiger partial charge in [-0.3, -0.25) is 4.79 Å². The Kier molecular flexibility index (Phi) is 5.80. The van der Waals surface area contributed by atoms with Gasteiger partial charge in [0.25, 0.3) is 5.91 Å². The fourth-order valence-electron chi connectivity index (χ4n) is 3.05. The number of amides is 1. The van der Waals surface area contributed by atoms with Crippen molar-refractivity contribution >= 4 is 16.9 Å². The van der Waals surface area contributed by atoms with Crippen molar-refractivity contribution in [2.24, 2.45) is 0 Å². The van der Waals surface area contributed by atoms with Crippen LogP contribution in [-0.2, 0) is 4.79 Å². The molecule has 0 aliphatic rings. The van der Waals surface area contributed by atoms with Crippen molar-refractivity contribution in [3.63, 3.8) is 0 Å². The topological polar surface area (TPSA) is 88.8 Å². The van der Waals surface area contributed by atoms with Crippen LogP contribution >= 0.6 is 0 Å². The lowest BCUT2D eigenvalue weighted by Gasteiger charge is -2.18. The van der Waals surface area contributed by atoms with E-state index in [4.69, 9.17) is 9.15 Å². The molecule has 3 rings (SSSR count). The summed E-state index contributed by atoms with van der Waals surface area (Å²) in [4.78, 5) is 24.1. The Morgan fingerprint density at radius 2 is 1.89 bits per heavy atom. The van der Waals surface area contributed by atoms with Crippen molar-refractivity contribution < 1.29 is 19.1 Å². The maximum Gasteiger partial charge on any atom is 0.336 e. The van der Waals surface area contributed by atoms with Crippen molar-refractivity contribution in [2.45, 2.75) is 33.0 Å². The van der Waals surface area contributed by atoms with Gasteiger partial charge in [0.15, 0.2) is 6.10 Å². The van der Waals surface area contributed by atoms with E-state index in [-0.39, 0.29) is 12.5 Å². The first-order chi connectivity index (χ1) is 13.3. The smallest absolute Gasteiger partial charge is 0.336 e. The van der Waals surface area contributed by atoms with Gasteiger partial charge >= 0.3 is 5.63 Å². The van der Waals surface area contributed by atoms with Crippen LogP contribution in [0.25, 0.3) is 11.0 Å². The molecule has 0 aliphatic heterocycles. The van der Waals surface area contributed by atoms with Gasteiger partial charge in [0.05, 0.1) is 11.5 Å². The van der Waals surface area contributed by atoms with Crippen molar-refractivity contribution in [3.8, 4) is 5.75 Å². The van der Waals surface area contributed by atoms with Gasteiger partial charge in [-0.1, -0.05) is 30.3 Å². The third kappa shape index (κ3) is 4.40. The Morgan fingerprint density at radius 1 is 1.18 bits per heavy atom. The first kappa shape index (κ1) is 19.6. The standard InChI is InChI=1S/C22H23NO5/c1-13-9-18(21-14(2)11-20(25)28-19(21)10-13)27-15(3)22(26)23-12-17(24)16-7-5-4-6-8-16/h4-11,15,17,24H,12H2,1-3H3,(H,23,26)/t15-,17-/m1/s1. The van der Waals surface area contributed by atoms with Gasteiger partial charge < -0.3 is 19.6 Å². The predicted octanol–water partition coefficient (Wildman–Crippen LogP) is 3.03. The quantitative estimate of drug-likeness (QED) is 0.641. The number of hydrogen-bond acceptors (Lipinski definition) is 5. The van der Waals surface area contributed by atoms with Gasteiger partial charge in [0.2, 0.25) is 0 Å². The number of hydrogen-bond donors (Lipinski definition) is 2. The molecule has 6 heteroatoms. The molecule has 0 saturated carbocycles. The van der Waals surface area contributed by atoms with Gasteiger partial charge in [-0.15, -0.1) is 0 Å². The number of rotatable bonds is 6. The second-order valence-electron chi connectivity index (χ2n) is 6.82. The number of aliphatic hydroxyl groups excluding tert-OH is 1. The minimum absolute atomic E-state index is 0.0824. The average Bonchev–Trinajstić information content (AvgIpc) is 2.65. The van der Waals surface area contributed by atoms with Crippen LogP contribution < -0.4 is 15.7 Å². The third-order valence-electron chi connectivity index (χ3n) is 4.48. The molecule has 28 heavy (non-hydrogen) atoms. The van der Waals surface area contributed by atoms with Crippen LogP contribution in [0, 0.1) is 13.8 Å². The predicted molar refractivity (Wildman–Crippen MR) is 106 cm³/mol. The Labute approximate surface area is 162 Å². The van der Waals surface area contributed by atoms with Crippen molar-refractivity contribution in [3.05, 3.63) is 75.6 Å². The maximum absolute atomic E-state index is 12.4. The number of aliphatic hydroxyl groups is 1. The fourth-order valence-corrected chi connectivity index (χ4v) is 3.05. The number of nitrogens with one attached hydrogen (secondary N) is 1. The number of aryl methyl sites for hydroxylation is 2. The van der Waals surface area contributed by atoms with Crippen LogP contribution in [0.5, 0.6) is 5.75 Å². The molecule has 1 heterocycles. The summed E-state index contributed by atoms with van der Waals surface area (Å²) >= 11 is 0. The van der Waals surface area contributed by atoms with Gasteiger partial charge in [-0.2, -0.15) is 0 Å². The van der Waals surface area contributed by atoms with E-state index in [2.05, 4.69) is 5.32 Å². The van der Waals surface area contributed by atoms with Crippen LogP contribution in [0.4, 0.5) is 0 Å². The molecule has 2 aromatic carbocycles. The number of fused-ring (bicyclic) bond motifs is 1. The molecule has 0 radical (unpaired) electrons. The summed E-state index contributed by atoms with van der Waals surface area (Å²) in [6.45, 7) is 5.36. The van der Waals surface area contributed by atoms with E-state index in [1.54, 1.807) is 38.1 Å². The van der Waals surface area contributed by atoms with E-state index in [1.807, 2.05) is 25.1 Å². The van der Waals surface area contributed by atoms with Crippen molar-refractivity contribution in [1.29, 1.82) is 0 Å². The zero-order valence-corrected chi connectivity index (χ0v) is 16.1. The summed E-state index contributed by atoms with van der Waals surface area (Å²) in [6.07, 6.45) is -1.59. The minimum Gasteiger partial charge on any atom is -0.480 e. The molecule has 2 N–H and O–H groups in total. The molecule has 1 aromatic heterocycles. The van der Waals surface area contributed by atoms with E-state index in [0.29, 0.717) is 22.3 Å². The number of benzene rings is 2. The Morgan fingerprint density at radius 3 is 2.61 bits per heavy atom. The molecule has 3 aromatic rings. The average molecular weight is 381 g/mol. The molecule has 0 saturated heterocycles. The summed E-state index contributed by atoms with van der Waals surface area (Å²) in [7, 11) is 0. The summed E-state index contributed by atoms with van der Waals surface area (Å²) in [5.41, 5.74) is 2.29. The second kappa shape index (κ2) is 8.27. The van der Waals surface area contributed by atoms with E-state index in [0.717, 1.165) is 11.1 Å². The van der Waals surface area contributed by atoms with Crippen LogP contribution in [0.2, 0.25) is 0 Å². The van der Waals surface area contributed by atoms with Crippen molar-refractivity contribution in [1.82, 2.24) is 5.32 Å². The number of carbonyl (C=O) groups is 1. The van der Waals surface area contributed by atoms with Gasteiger partial charge in [-0.25, -0.2) is 4.79 Å². The maximum atomic E-state index is 12.4. The zero-order valence-electron chi connectivity index (χ0n) is 16.1. The second-order valence-corrected chi connectivity index (χ2v) is 6.82. The largest absolute Gasteiger partial charge is 0.480 e. The highest BCUT2D eigenvalue weighted by Crippen LogP contribution is 2.30. The van der Waals surface area contributed by atoms with Gasteiger partial charge in [0.1, 0.15) is 11.3 Å². The van der Waals surface area contributed by atoms with E-state index < -0.39 is 17.8 Å². The normalized spacial score (nSPS) is 13.1. The molecular weight excluding hydrogens is 358 g/mol. The monoisotopic (exact) mass is 381 g/mol. The summed E-state index contributed by atoms with van der Waals surface area (Å²) in [5, 5.41) is 13.5. The lowest BCUT2D eigenvalue weighted by atomic mass is 10.1. The molecule has 0 spiro atoms. The van der Waals surface area contributed by atoms with Crippen LogP contribution in [0.3, 0.4) is 0 Å². The minimum atomic E-state index is -0.798. The molecule has 2 atom stereocenters. The Balaban J connectivity index is 1.73. The third-order valence-corrected chi connectivity index (χ3v) is 4.48. The van der Waals surface area contributed by atoms with E-state index in [1.165, 1.54) is 6.07 Å². The van der Waals surface area contributed by atoms with Crippen molar-refractivity contribution in [2.75, 3.05) is 6.54 Å². The molecule has 6 nitrogen and oxygen atoms in total. The summed E-state index contributed by atoms with van der Waals surface area (Å²) in [5.74, 6) is 0.127. The highest BCUT2D eigenvalue weighted by atomic mass is 16.5. The SMILES string of the molecule is Cc1cc(O[C@H](C)C(=O)NC[C@@H](O)c2ccccc2)c2c(C)cc(=O)oc2c1. The summed E-state index contributed by atoms with van der Waals surface area (Å²) < 4.78 is 11.1. The molecule has 1 amide bonds. The first-order valence-corrected chi connectivity index (χ1v) is 9.07. The molecule has 0 bridgehead atoms. The van der Waals surface area contributed by atoms with Gasteiger partial charge in [0, 0.05) is 12.6 Å². The molecule has 146 valence electrons. The lowest BCUT2D eigenvalue weighted by Crippen LogP contribution is -2.38. The van der Waals surface area contributed by atoms with Crippen LogP contribution in [0.1, 0.15) is 29.7 Å². The molecular formula is C22H23NO5. The van der Waals surface area contributed by atoms with Crippen LogP contribution in [-0.4, -0.2) is 23.7 Å². The Hall–Kier alpha value is -3.12. The fraction of sp³-hybridized carbons (Fsp3) is 0.273.